The largest absolute Gasteiger partial charge is 0.401 e. The predicted octanol–water partition coefficient (Wildman–Crippen LogP) is -0.997. The molecule has 116 valence electrons. The standard InChI is InChI=1S/C11H20N2O6S/c1-2-9-11(10(12)14,19-20(15,16)18-9)3-4-13-5-7-17-8-6-13/h9H,2-8H2,1H3,(H2,12,14). The molecule has 2 rings (SSSR count). The van der Waals surface area contributed by atoms with Gasteiger partial charge in [0.2, 0.25) is 0 Å². The van der Waals surface area contributed by atoms with E-state index in [2.05, 4.69) is 4.90 Å². The van der Waals surface area contributed by atoms with Gasteiger partial charge in [-0.15, -0.1) is 0 Å². The first-order valence-corrected chi connectivity index (χ1v) is 7.97. The molecule has 1 amide bonds. The zero-order chi connectivity index (χ0) is 14.8. The third-order valence-electron chi connectivity index (χ3n) is 3.70. The second-order valence-corrected chi connectivity index (χ2v) is 6.12. The fraction of sp³-hybridized carbons (Fsp3) is 0.909. The second kappa shape index (κ2) is 5.94. The number of ether oxygens (including phenoxy) is 1. The van der Waals surface area contributed by atoms with Crippen LogP contribution in [0.2, 0.25) is 0 Å². The lowest BCUT2D eigenvalue weighted by molar-refractivity contribution is -0.137. The molecule has 0 saturated carbocycles. The highest BCUT2D eigenvalue weighted by Gasteiger charge is 2.56. The molecule has 0 radical (unpaired) electrons. The molecule has 0 bridgehead atoms. The topological polar surface area (TPSA) is 108 Å². The van der Waals surface area contributed by atoms with Gasteiger partial charge in [-0.2, -0.15) is 8.42 Å². The van der Waals surface area contributed by atoms with Crippen molar-refractivity contribution >= 4 is 16.3 Å². The average molecular weight is 308 g/mol. The van der Waals surface area contributed by atoms with Crippen LogP contribution in [0.5, 0.6) is 0 Å². The van der Waals surface area contributed by atoms with E-state index in [0.29, 0.717) is 26.2 Å². The molecule has 0 spiro atoms. The van der Waals surface area contributed by atoms with Crippen molar-refractivity contribution in [3.63, 3.8) is 0 Å². The molecule has 0 aromatic carbocycles. The zero-order valence-electron chi connectivity index (χ0n) is 11.4. The Labute approximate surface area is 118 Å². The Bertz CT molecular complexity index is 462. The molecule has 2 aliphatic rings. The predicted molar refractivity (Wildman–Crippen MR) is 69.0 cm³/mol. The van der Waals surface area contributed by atoms with Gasteiger partial charge in [-0.25, -0.2) is 8.37 Å². The molecule has 0 aromatic rings. The summed E-state index contributed by atoms with van der Waals surface area (Å²) in [4.78, 5) is 13.8. The summed E-state index contributed by atoms with van der Waals surface area (Å²) in [7, 11) is -4.16. The van der Waals surface area contributed by atoms with Gasteiger partial charge in [-0.1, -0.05) is 6.92 Å². The number of rotatable bonds is 5. The average Bonchev–Trinajstić information content (AvgIpc) is 2.69. The van der Waals surface area contributed by atoms with E-state index >= 15 is 0 Å². The van der Waals surface area contributed by atoms with Gasteiger partial charge in [-0.3, -0.25) is 9.69 Å². The van der Waals surface area contributed by atoms with Crippen LogP contribution >= 0.6 is 0 Å². The number of amides is 1. The summed E-state index contributed by atoms with van der Waals surface area (Å²) in [5.74, 6) is -0.807. The van der Waals surface area contributed by atoms with E-state index in [1.165, 1.54) is 0 Å². The van der Waals surface area contributed by atoms with Crippen LogP contribution in [-0.2, 0) is 28.3 Å². The summed E-state index contributed by atoms with van der Waals surface area (Å²) in [6.45, 7) is 4.94. The Hall–Kier alpha value is -0.740. The fourth-order valence-corrected chi connectivity index (χ4v) is 3.80. The third-order valence-corrected chi connectivity index (χ3v) is 4.67. The zero-order valence-corrected chi connectivity index (χ0v) is 12.2. The van der Waals surface area contributed by atoms with Crippen molar-refractivity contribution in [2.75, 3.05) is 32.8 Å². The number of nitrogens with zero attached hydrogens (tertiary/aromatic N) is 1. The minimum Gasteiger partial charge on any atom is -0.379 e. The van der Waals surface area contributed by atoms with E-state index in [9.17, 15) is 13.2 Å². The van der Waals surface area contributed by atoms with Crippen molar-refractivity contribution in [1.82, 2.24) is 4.90 Å². The Morgan fingerprint density at radius 2 is 2.05 bits per heavy atom. The summed E-state index contributed by atoms with van der Waals surface area (Å²) in [6.07, 6.45) is -0.364. The summed E-state index contributed by atoms with van der Waals surface area (Å²) in [5.41, 5.74) is 3.78. The number of nitrogens with two attached hydrogens (primary N) is 1. The maximum absolute atomic E-state index is 11.8. The summed E-state index contributed by atoms with van der Waals surface area (Å²) >= 11 is 0. The first kappa shape index (κ1) is 15.6. The highest BCUT2D eigenvalue weighted by atomic mass is 32.3. The first-order valence-electron chi connectivity index (χ1n) is 6.63. The monoisotopic (exact) mass is 308 g/mol. The molecule has 2 aliphatic heterocycles. The Balaban J connectivity index is 2.10. The van der Waals surface area contributed by atoms with Gasteiger partial charge in [0.15, 0.2) is 5.60 Å². The van der Waals surface area contributed by atoms with E-state index in [4.69, 9.17) is 18.8 Å². The summed E-state index contributed by atoms with van der Waals surface area (Å²) in [5, 5.41) is 0. The molecule has 2 heterocycles. The van der Waals surface area contributed by atoms with E-state index in [-0.39, 0.29) is 6.42 Å². The van der Waals surface area contributed by atoms with Gasteiger partial charge in [0, 0.05) is 26.1 Å². The molecule has 2 N–H and O–H groups in total. The molecule has 2 unspecified atom stereocenters. The lowest BCUT2D eigenvalue weighted by Crippen LogP contribution is -2.53. The van der Waals surface area contributed by atoms with Gasteiger partial charge < -0.3 is 10.5 Å². The molecule has 2 saturated heterocycles. The summed E-state index contributed by atoms with van der Waals surface area (Å²) < 4.78 is 37.9. The molecular formula is C11H20N2O6S. The molecule has 9 heteroatoms. The minimum absolute atomic E-state index is 0.181. The van der Waals surface area contributed by atoms with Crippen molar-refractivity contribution in [2.45, 2.75) is 31.5 Å². The van der Waals surface area contributed by atoms with Crippen LogP contribution in [0.3, 0.4) is 0 Å². The Morgan fingerprint density at radius 3 is 2.60 bits per heavy atom. The molecule has 20 heavy (non-hydrogen) atoms. The number of primary amides is 1. The Kier molecular flexibility index (Phi) is 4.65. The highest BCUT2D eigenvalue weighted by molar-refractivity contribution is 7.82. The third kappa shape index (κ3) is 3.12. The van der Waals surface area contributed by atoms with Crippen LogP contribution in [0.25, 0.3) is 0 Å². The summed E-state index contributed by atoms with van der Waals surface area (Å²) in [6, 6.07) is 0. The van der Waals surface area contributed by atoms with E-state index in [1.807, 2.05) is 0 Å². The van der Waals surface area contributed by atoms with E-state index in [0.717, 1.165) is 13.1 Å². The van der Waals surface area contributed by atoms with Crippen LogP contribution in [0.4, 0.5) is 0 Å². The minimum atomic E-state index is -4.16. The number of morpholine rings is 1. The van der Waals surface area contributed by atoms with Gasteiger partial charge in [0.1, 0.15) is 6.10 Å². The van der Waals surface area contributed by atoms with Crippen LogP contribution < -0.4 is 5.73 Å². The maximum atomic E-state index is 11.8. The first-order chi connectivity index (χ1) is 9.39. The van der Waals surface area contributed by atoms with Gasteiger partial charge in [0.05, 0.1) is 13.2 Å². The molecule has 2 atom stereocenters. The van der Waals surface area contributed by atoms with Gasteiger partial charge in [-0.05, 0) is 6.42 Å². The van der Waals surface area contributed by atoms with Crippen LogP contribution in [0.15, 0.2) is 0 Å². The lowest BCUT2D eigenvalue weighted by Gasteiger charge is -2.31. The van der Waals surface area contributed by atoms with Crippen LogP contribution in [0, 0.1) is 0 Å². The van der Waals surface area contributed by atoms with Crippen molar-refractivity contribution in [3.8, 4) is 0 Å². The Morgan fingerprint density at radius 1 is 1.40 bits per heavy atom. The van der Waals surface area contributed by atoms with E-state index in [1.54, 1.807) is 6.92 Å². The van der Waals surface area contributed by atoms with E-state index < -0.39 is 28.0 Å². The molecule has 2 fully saturated rings. The van der Waals surface area contributed by atoms with Crippen molar-refractivity contribution < 1.29 is 26.3 Å². The lowest BCUT2D eigenvalue weighted by atomic mass is 9.90. The van der Waals surface area contributed by atoms with Crippen LogP contribution in [-0.4, -0.2) is 63.8 Å². The molecular weight excluding hydrogens is 288 g/mol. The second-order valence-electron chi connectivity index (χ2n) is 4.94. The van der Waals surface area contributed by atoms with Crippen molar-refractivity contribution in [2.24, 2.45) is 5.73 Å². The van der Waals surface area contributed by atoms with Crippen LogP contribution in [0.1, 0.15) is 19.8 Å². The number of carbonyl (C=O) groups excluding carboxylic acids is 1. The molecule has 0 aromatic heterocycles. The smallest absolute Gasteiger partial charge is 0.379 e. The molecule has 0 aliphatic carbocycles. The molecule has 8 nitrogen and oxygen atoms in total. The van der Waals surface area contributed by atoms with Gasteiger partial charge >= 0.3 is 10.4 Å². The van der Waals surface area contributed by atoms with Crippen molar-refractivity contribution in [3.05, 3.63) is 0 Å². The fourth-order valence-electron chi connectivity index (χ4n) is 2.55. The van der Waals surface area contributed by atoms with Crippen molar-refractivity contribution in [1.29, 1.82) is 0 Å². The number of carbonyl (C=O) groups is 1. The normalized spacial score (nSPS) is 34.1. The highest BCUT2D eigenvalue weighted by Crippen LogP contribution is 2.36. The number of hydrogen-bond acceptors (Lipinski definition) is 7. The quantitative estimate of drug-likeness (QED) is 0.694. The maximum Gasteiger partial charge on any atom is 0.401 e. The SMILES string of the molecule is CCC1OS(=O)(=O)OC1(CCN1CCOCC1)C(N)=O. The number of hydrogen-bond donors (Lipinski definition) is 1. The van der Waals surface area contributed by atoms with Gasteiger partial charge in [0.25, 0.3) is 5.91 Å².